The van der Waals surface area contributed by atoms with Crippen LogP contribution in [0.1, 0.15) is 45.6 Å². The van der Waals surface area contributed by atoms with Crippen LogP contribution in [0, 0.1) is 0 Å². The summed E-state index contributed by atoms with van der Waals surface area (Å²) in [4.78, 5) is 36.4. The van der Waals surface area contributed by atoms with Crippen LogP contribution in [0.25, 0.3) is 11.0 Å². The van der Waals surface area contributed by atoms with Crippen LogP contribution in [0.3, 0.4) is 0 Å². The predicted molar refractivity (Wildman–Crippen MR) is 150 cm³/mol. The van der Waals surface area contributed by atoms with Crippen molar-refractivity contribution >= 4 is 33.4 Å². The number of aliphatic hydroxyl groups is 3. The Bertz CT molecular complexity index is 1460. The van der Waals surface area contributed by atoms with E-state index in [-0.39, 0.29) is 53.2 Å². The number of rotatable bonds is 13. The van der Waals surface area contributed by atoms with Crippen LogP contribution in [0.15, 0.2) is 33.5 Å². The fourth-order valence-corrected chi connectivity index (χ4v) is 4.56. The third-order valence-corrected chi connectivity index (χ3v) is 6.72. The molecule has 1 aliphatic rings. The number of aliphatic hydroxyl groups excluding tert-OH is 3. The van der Waals surface area contributed by atoms with E-state index in [9.17, 15) is 42.7 Å². The van der Waals surface area contributed by atoms with E-state index in [0.717, 1.165) is 6.42 Å². The Morgan fingerprint density at radius 2 is 1.67 bits per heavy atom. The van der Waals surface area contributed by atoms with Crippen LogP contribution in [0.2, 0.25) is 0 Å². The molecule has 2 amide bonds. The van der Waals surface area contributed by atoms with Gasteiger partial charge in [-0.2, -0.15) is 0 Å². The van der Waals surface area contributed by atoms with E-state index in [1.165, 1.54) is 24.3 Å². The smallest absolute Gasteiger partial charge is 0.726 e. The summed E-state index contributed by atoms with van der Waals surface area (Å²) in [7, 11) is -5.13. The van der Waals surface area contributed by atoms with E-state index in [4.69, 9.17) is 18.6 Å². The summed E-state index contributed by atoms with van der Waals surface area (Å²) in [6.45, 7) is 5.21. The van der Waals surface area contributed by atoms with E-state index in [2.05, 4.69) is 14.8 Å². The van der Waals surface area contributed by atoms with Gasteiger partial charge in [0.05, 0.1) is 13.0 Å². The van der Waals surface area contributed by atoms with Crippen LogP contribution in [0.4, 0.5) is 4.79 Å². The maximum Gasteiger partial charge on any atom is 1.00 e. The summed E-state index contributed by atoms with van der Waals surface area (Å²) in [5.41, 5.74) is -0.892. The van der Waals surface area contributed by atoms with E-state index in [1.807, 2.05) is 0 Å². The number of carbonyl (C=O) groups is 2. The van der Waals surface area contributed by atoms with Crippen molar-refractivity contribution in [2.24, 2.45) is 0 Å². The Kier molecular flexibility index (Phi) is 14.7. The largest absolute Gasteiger partial charge is 1.00 e. The number of hydrogen-bond donors (Lipinski definition) is 5. The molecule has 18 heteroatoms. The topological polar surface area (TPSA) is 243 Å². The van der Waals surface area contributed by atoms with Crippen molar-refractivity contribution in [2.75, 3.05) is 19.7 Å². The zero-order valence-corrected chi connectivity index (χ0v) is 28.2. The molecule has 0 spiro atoms. The summed E-state index contributed by atoms with van der Waals surface area (Å²) in [6.07, 6.45) is -7.10. The number of carbonyl (C=O) groups excluding carboxylic acids is 2. The molecule has 1 aliphatic heterocycles. The molecule has 5 N–H and O–H groups in total. The average Bonchev–Trinajstić information content (AvgIpc) is 2.90. The fourth-order valence-electron chi connectivity index (χ4n) is 4.26. The van der Waals surface area contributed by atoms with Crippen molar-refractivity contribution in [1.82, 2.24) is 10.6 Å². The second kappa shape index (κ2) is 17.0. The van der Waals surface area contributed by atoms with Crippen molar-refractivity contribution in [3.05, 3.63) is 40.2 Å². The maximum atomic E-state index is 12.5. The quantitative estimate of drug-likeness (QED) is 0.0465. The molecule has 45 heavy (non-hydrogen) atoms. The summed E-state index contributed by atoms with van der Waals surface area (Å²) in [5.74, 6) is -0.337. The van der Waals surface area contributed by atoms with Gasteiger partial charge in [-0.1, -0.05) is 0 Å². The normalized spacial score (nSPS) is 21.9. The van der Waals surface area contributed by atoms with Gasteiger partial charge in [0, 0.05) is 30.6 Å². The number of benzene rings is 1. The molecule has 2 heterocycles. The first-order valence-corrected chi connectivity index (χ1v) is 15.1. The monoisotopic (exact) mass is 668 g/mol. The van der Waals surface area contributed by atoms with Crippen molar-refractivity contribution < 1.29 is 90.2 Å². The van der Waals surface area contributed by atoms with Gasteiger partial charge in [0.1, 0.15) is 41.3 Å². The Hall–Kier alpha value is -2.32. The van der Waals surface area contributed by atoms with E-state index < -0.39 is 65.0 Å². The minimum Gasteiger partial charge on any atom is -0.726 e. The minimum atomic E-state index is -5.13. The van der Waals surface area contributed by atoms with Crippen LogP contribution in [-0.2, 0) is 35.3 Å². The molecule has 0 bridgehead atoms. The van der Waals surface area contributed by atoms with Crippen LogP contribution in [0.5, 0.6) is 5.75 Å². The average molecular weight is 669 g/mol. The van der Waals surface area contributed by atoms with Gasteiger partial charge in [0.2, 0.25) is 22.6 Å². The van der Waals surface area contributed by atoms with Gasteiger partial charge in [0.15, 0.2) is 0 Å². The van der Waals surface area contributed by atoms with Gasteiger partial charge in [0.25, 0.3) is 0 Å². The summed E-state index contributed by atoms with van der Waals surface area (Å²) < 4.78 is 57.6. The Morgan fingerprint density at radius 1 is 1.00 bits per heavy atom. The molecule has 2 aromatic rings. The number of hydrogen-bond acceptors (Lipinski definition) is 14. The number of nitrogens with one attached hydrogen (secondary N) is 2. The molecular weight excluding hydrogens is 631 g/mol. The SMILES string of the molecule is CC(C)(C)OC(=O)NCCCCCNC(=O)Cc1cc(=O)oc2cc(O[C@@H]3O[C@H](COS(=O)(=O)[O-])[C@@H](O)[C@H](O)[C@H]3O)ccc12.[Na+]. The van der Waals surface area contributed by atoms with Gasteiger partial charge < -0.3 is 49.1 Å². The second-order valence-electron chi connectivity index (χ2n) is 11.1. The molecular formula is C27H37N2NaO14S. The summed E-state index contributed by atoms with van der Waals surface area (Å²) in [5, 5.41) is 36.3. The summed E-state index contributed by atoms with van der Waals surface area (Å²) >= 11 is 0. The maximum absolute atomic E-state index is 12.5. The number of alkyl carbamates (subject to hydrolysis) is 1. The molecule has 5 atom stereocenters. The first-order valence-electron chi connectivity index (χ1n) is 13.8. The molecule has 1 saturated heterocycles. The molecule has 0 unspecified atom stereocenters. The van der Waals surface area contributed by atoms with Crippen LogP contribution >= 0.6 is 0 Å². The number of unbranched alkanes of at least 4 members (excludes halogenated alkanes) is 2. The summed E-state index contributed by atoms with van der Waals surface area (Å²) in [6, 6.07) is 5.38. The number of amides is 2. The molecule has 3 rings (SSSR count). The van der Waals surface area contributed by atoms with Crippen LogP contribution < -0.4 is 50.6 Å². The van der Waals surface area contributed by atoms with Crippen LogP contribution in [-0.4, -0.2) is 96.3 Å². The Balaban J connectivity index is 0.00000705. The van der Waals surface area contributed by atoms with Crippen molar-refractivity contribution in [2.45, 2.75) is 82.8 Å². The van der Waals surface area contributed by atoms with Gasteiger partial charge in [-0.05, 0) is 57.7 Å². The van der Waals surface area contributed by atoms with Crippen molar-refractivity contribution in [3.63, 3.8) is 0 Å². The molecule has 1 aromatic carbocycles. The first kappa shape index (κ1) is 38.9. The molecule has 0 aliphatic carbocycles. The van der Waals surface area contributed by atoms with Gasteiger partial charge >= 0.3 is 41.3 Å². The molecule has 16 nitrogen and oxygen atoms in total. The minimum absolute atomic E-state index is 0. The molecule has 1 fully saturated rings. The predicted octanol–water partition coefficient (Wildman–Crippen LogP) is -3.19. The number of ether oxygens (including phenoxy) is 3. The zero-order valence-electron chi connectivity index (χ0n) is 25.4. The second-order valence-corrected chi connectivity index (χ2v) is 12.1. The Labute approximate surface area is 281 Å². The Morgan fingerprint density at radius 3 is 2.31 bits per heavy atom. The third kappa shape index (κ3) is 12.8. The van der Waals surface area contributed by atoms with E-state index in [1.54, 1.807) is 20.8 Å². The van der Waals surface area contributed by atoms with Crippen molar-refractivity contribution in [1.29, 1.82) is 0 Å². The van der Waals surface area contributed by atoms with Gasteiger partial charge in [-0.25, -0.2) is 18.0 Å². The molecule has 1 aromatic heterocycles. The van der Waals surface area contributed by atoms with E-state index >= 15 is 0 Å². The fraction of sp³-hybridized carbons (Fsp3) is 0.593. The molecule has 246 valence electrons. The van der Waals surface area contributed by atoms with Crippen molar-refractivity contribution in [3.8, 4) is 5.75 Å². The van der Waals surface area contributed by atoms with Gasteiger partial charge in [-0.3, -0.25) is 8.98 Å². The number of fused-ring (bicyclic) bond motifs is 1. The van der Waals surface area contributed by atoms with Gasteiger partial charge in [-0.15, -0.1) is 0 Å². The van der Waals surface area contributed by atoms with E-state index in [0.29, 0.717) is 36.9 Å². The molecule has 0 saturated carbocycles. The first-order chi connectivity index (χ1) is 20.5. The molecule has 0 radical (unpaired) electrons. The third-order valence-electron chi connectivity index (χ3n) is 6.29. The zero-order chi connectivity index (χ0) is 32.7. The standard InChI is InChI=1S/C27H38N2O14S.Na/c1-27(2,3)43-26(35)29-10-6-4-5-9-28-20(30)11-15-12-21(31)41-18-13-16(7-8-17(15)18)40-25-24(34)23(33)22(32)19(42-25)14-39-44(36,37)38;/h7-8,12-13,19,22-25,32-34H,4-6,9-11,14H2,1-3H3,(H,28,30)(H,29,35)(H,36,37,38);/q;+1/p-1/t19-,22-,23+,24-,25-;/m1./s1.